The summed E-state index contributed by atoms with van der Waals surface area (Å²) in [7, 11) is 0. The first-order chi connectivity index (χ1) is 6.66. The molecule has 0 fully saturated rings. The summed E-state index contributed by atoms with van der Waals surface area (Å²) in [4.78, 5) is 10.2. The van der Waals surface area contributed by atoms with Crippen molar-refractivity contribution in [3.63, 3.8) is 0 Å². The highest BCUT2D eigenvalue weighted by atomic mass is 79.9. The molecule has 76 valence electrons. The summed E-state index contributed by atoms with van der Waals surface area (Å²) in [5, 5.41) is 0. The highest BCUT2D eigenvalue weighted by Crippen LogP contribution is 2.24. The van der Waals surface area contributed by atoms with Crippen molar-refractivity contribution in [1.29, 1.82) is 0 Å². The van der Waals surface area contributed by atoms with E-state index < -0.39 is 0 Å². The first kappa shape index (κ1) is 11.4. The molecule has 0 spiro atoms. The smallest absolute Gasteiger partial charge is 0.120 e. The topological polar surface area (TPSA) is 17.1 Å². The van der Waals surface area contributed by atoms with E-state index >= 15 is 0 Å². The van der Waals surface area contributed by atoms with Crippen LogP contribution in [0.3, 0.4) is 0 Å². The Morgan fingerprint density at radius 2 is 2.07 bits per heavy atom. The van der Waals surface area contributed by atoms with Crippen LogP contribution in [0.2, 0.25) is 0 Å². The SMILES string of the molecule is Cc1ccc(CCCC=O)c(C)c1Br. The minimum Gasteiger partial charge on any atom is -0.303 e. The molecule has 0 amide bonds. The lowest BCUT2D eigenvalue weighted by Gasteiger charge is -2.09. The van der Waals surface area contributed by atoms with Gasteiger partial charge in [-0.2, -0.15) is 0 Å². The van der Waals surface area contributed by atoms with Gasteiger partial charge in [0.2, 0.25) is 0 Å². The van der Waals surface area contributed by atoms with Crippen LogP contribution in [0.4, 0.5) is 0 Å². The molecule has 1 rings (SSSR count). The van der Waals surface area contributed by atoms with Crippen LogP contribution in [-0.4, -0.2) is 6.29 Å². The molecule has 0 aromatic heterocycles. The molecular weight excluding hydrogens is 240 g/mol. The van der Waals surface area contributed by atoms with Crippen molar-refractivity contribution in [2.75, 3.05) is 0 Å². The standard InChI is InChI=1S/C12H15BrO/c1-9-6-7-11(5-3-4-8-14)10(2)12(9)13/h6-8H,3-5H2,1-2H3. The summed E-state index contributed by atoms with van der Waals surface area (Å²) in [6.07, 6.45) is 3.58. The van der Waals surface area contributed by atoms with E-state index in [1.165, 1.54) is 21.2 Å². The van der Waals surface area contributed by atoms with Crippen molar-refractivity contribution in [3.05, 3.63) is 33.3 Å². The summed E-state index contributed by atoms with van der Waals surface area (Å²) in [6, 6.07) is 4.27. The molecule has 1 aromatic rings. The third kappa shape index (κ3) is 2.68. The molecule has 0 N–H and O–H groups in total. The largest absolute Gasteiger partial charge is 0.303 e. The van der Waals surface area contributed by atoms with Gasteiger partial charge in [-0.25, -0.2) is 0 Å². The van der Waals surface area contributed by atoms with Gasteiger partial charge in [0.05, 0.1) is 0 Å². The first-order valence-electron chi connectivity index (χ1n) is 4.85. The second-order valence-corrected chi connectivity index (χ2v) is 4.33. The van der Waals surface area contributed by atoms with Gasteiger partial charge >= 0.3 is 0 Å². The van der Waals surface area contributed by atoms with Crippen LogP contribution in [0, 0.1) is 13.8 Å². The highest BCUT2D eigenvalue weighted by Gasteiger charge is 2.04. The average molecular weight is 255 g/mol. The van der Waals surface area contributed by atoms with Crippen LogP contribution < -0.4 is 0 Å². The number of hydrogen-bond donors (Lipinski definition) is 0. The monoisotopic (exact) mass is 254 g/mol. The molecule has 0 saturated heterocycles. The minimum absolute atomic E-state index is 0.658. The molecule has 0 bridgehead atoms. The molecule has 1 aromatic carbocycles. The van der Waals surface area contributed by atoms with Crippen molar-refractivity contribution in [2.45, 2.75) is 33.1 Å². The summed E-state index contributed by atoms with van der Waals surface area (Å²) in [5.74, 6) is 0. The molecular formula is C12H15BrO. The van der Waals surface area contributed by atoms with Crippen molar-refractivity contribution in [3.8, 4) is 0 Å². The molecule has 0 aliphatic carbocycles. The zero-order chi connectivity index (χ0) is 10.6. The number of aldehydes is 1. The van der Waals surface area contributed by atoms with E-state index in [9.17, 15) is 4.79 Å². The maximum absolute atomic E-state index is 10.2. The Labute approximate surface area is 93.7 Å². The second-order valence-electron chi connectivity index (χ2n) is 3.54. The maximum Gasteiger partial charge on any atom is 0.120 e. The summed E-state index contributed by atoms with van der Waals surface area (Å²) >= 11 is 3.57. The normalized spacial score (nSPS) is 10.2. The van der Waals surface area contributed by atoms with Crippen LogP contribution in [0.5, 0.6) is 0 Å². The van der Waals surface area contributed by atoms with Crippen LogP contribution in [-0.2, 0) is 11.2 Å². The lowest BCUT2D eigenvalue weighted by Crippen LogP contribution is -1.93. The van der Waals surface area contributed by atoms with Gasteiger partial charge in [0.1, 0.15) is 6.29 Å². The molecule has 0 saturated carbocycles. The molecule has 14 heavy (non-hydrogen) atoms. The fourth-order valence-corrected chi connectivity index (χ4v) is 1.89. The van der Waals surface area contributed by atoms with E-state index in [2.05, 4.69) is 41.9 Å². The molecule has 0 aliphatic heterocycles. The molecule has 0 unspecified atom stereocenters. The third-order valence-electron chi connectivity index (χ3n) is 2.46. The Hall–Kier alpha value is -0.630. The fourth-order valence-electron chi connectivity index (χ4n) is 1.51. The molecule has 1 nitrogen and oxygen atoms in total. The van der Waals surface area contributed by atoms with E-state index in [0.717, 1.165) is 19.1 Å². The third-order valence-corrected chi connectivity index (χ3v) is 3.68. The number of halogens is 1. The number of carbonyl (C=O) groups excluding carboxylic acids is 1. The van der Waals surface area contributed by atoms with E-state index in [0.29, 0.717) is 6.42 Å². The van der Waals surface area contributed by atoms with Gasteiger partial charge in [0.15, 0.2) is 0 Å². The van der Waals surface area contributed by atoms with E-state index in [-0.39, 0.29) is 0 Å². The molecule has 0 radical (unpaired) electrons. The van der Waals surface area contributed by atoms with Gasteiger partial charge in [0, 0.05) is 10.9 Å². The molecule has 0 aliphatic rings. The van der Waals surface area contributed by atoms with E-state index in [1.807, 2.05) is 0 Å². The van der Waals surface area contributed by atoms with Crippen molar-refractivity contribution < 1.29 is 4.79 Å². The Bertz CT molecular complexity index is 331. The molecule has 0 atom stereocenters. The Kier molecular flexibility index (Phi) is 4.33. The summed E-state index contributed by atoms with van der Waals surface area (Å²) in [6.45, 7) is 4.21. The van der Waals surface area contributed by atoms with E-state index in [4.69, 9.17) is 0 Å². The minimum atomic E-state index is 0.658. The number of rotatable bonds is 4. The molecule has 2 heteroatoms. The first-order valence-corrected chi connectivity index (χ1v) is 5.64. The second kappa shape index (κ2) is 5.30. The lowest BCUT2D eigenvalue weighted by atomic mass is 10.0. The number of carbonyl (C=O) groups is 1. The van der Waals surface area contributed by atoms with Gasteiger partial charge < -0.3 is 4.79 Å². The lowest BCUT2D eigenvalue weighted by molar-refractivity contribution is -0.107. The zero-order valence-corrected chi connectivity index (χ0v) is 10.2. The van der Waals surface area contributed by atoms with Gasteiger partial charge in [-0.15, -0.1) is 0 Å². The molecule has 0 heterocycles. The maximum atomic E-state index is 10.2. The van der Waals surface area contributed by atoms with Crippen LogP contribution >= 0.6 is 15.9 Å². The van der Waals surface area contributed by atoms with Crippen LogP contribution in [0.15, 0.2) is 16.6 Å². The number of aryl methyl sites for hydroxylation is 2. The predicted molar refractivity (Wildman–Crippen MR) is 62.6 cm³/mol. The summed E-state index contributed by atoms with van der Waals surface area (Å²) in [5.41, 5.74) is 3.90. The van der Waals surface area contributed by atoms with Crippen molar-refractivity contribution >= 4 is 22.2 Å². The van der Waals surface area contributed by atoms with Crippen molar-refractivity contribution in [1.82, 2.24) is 0 Å². The van der Waals surface area contributed by atoms with Crippen molar-refractivity contribution in [2.24, 2.45) is 0 Å². The number of unbranched alkanes of at least 4 members (excludes halogenated alkanes) is 1. The fraction of sp³-hybridized carbons (Fsp3) is 0.417. The van der Waals surface area contributed by atoms with Gasteiger partial charge in [0.25, 0.3) is 0 Å². The van der Waals surface area contributed by atoms with Gasteiger partial charge in [-0.1, -0.05) is 28.1 Å². The van der Waals surface area contributed by atoms with Crippen LogP contribution in [0.25, 0.3) is 0 Å². The number of hydrogen-bond acceptors (Lipinski definition) is 1. The predicted octanol–water partition coefficient (Wildman–Crippen LogP) is 3.59. The Morgan fingerprint density at radius 3 is 2.71 bits per heavy atom. The Morgan fingerprint density at radius 1 is 1.36 bits per heavy atom. The van der Waals surface area contributed by atoms with Gasteiger partial charge in [-0.05, 0) is 43.4 Å². The average Bonchev–Trinajstić information content (AvgIpc) is 2.18. The van der Waals surface area contributed by atoms with Crippen LogP contribution in [0.1, 0.15) is 29.5 Å². The van der Waals surface area contributed by atoms with Gasteiger partial charge in [-0.3, -0.25) is 0 Å². The quantitative estimate of drug-likeness (QED) is 0.593. The van der Waals surface area contributed by atoms with E-state index in [1.54, 1.807) is 0 Å². The highest BCUT2D eigenvalue weighted by molar-refractivity contribution is 9.10. The Balaban J connectivity index is 2.78. The summed E-state index contributed by atoms with van der Waals surface area (Å²) < 4.78 is 1.20. The zero-order valence-electron chi connectivity index (χ0n) is 8.64. The number of benzene rings is 1.